The fraction of sp³-hybridized carbons (Fsp3) is 0.333. The van der Waals surface area contributed by atoms with Crippen LogP contribution in [-0.2, 0) is 11.2 Å². The van der Waals surface area contributed by atoms with E-state index in [1.165, 1.54) is 0 Å². The molecule has 0 fully saturated rings. The van der Waals surface area contributed by atoms with Crippen LogP contribution in [-0.4, -0.2) is 26.4 Å². The van der Waals surface area contributed by atoms with Gasteiger partial charge in [0.1, 0.15) is 0 Å². The Morgan fingerprint density at radius 1 is 1.18 bits per heavy atom. The van der Waals surface area contributed by atoms with Gasteiger partial charge >= 0.3 is 0 Å². The maximum absolute atomic E-state index is 12.1. The first kappa shape index (κ1) is 17.7. The van der Waals surface area contributed by atoms with Crippen LogP contribution in [0.5, 0.6) is 0 Å². The number of hydrogen-bond acceptors (Lipinski definition) is 3. The van der Waals surface area contributed by atoms with E-state index < -0.39 is 0 Å². The van der Waals surface area contributed by atoms with Crippen molar-refractivity contribution in [3.8, 4) is 0 Å². The highest BCUT2D eigenvalue weighted by Crippen LogP contribution is 2.31. The third kappa shape index (κ3) is 3.45. The average molecular weight is 300 g/mol. The number of anilines is 1. The lowest BCUT2D eigenvalue weighted by Gasteiger charge is -2.18. The molecule has 0 radical (unpaired) electrons. The van der Waals surface area contributed by atoms with E-state index >= 15 is 0 Å². The lowest BCUT2D eigenvalue weighted by Crippen LogP contribution is -2.22. The Balaban J connectivity index is 0.00000116. The van der Waals surface area contributed by atoms with Crippen LogP contribution in [0.2, 0.25) is 0 Å². The van der Waals surface area contributed by atoms with Gasteiger partial charge in [-0.25, -0.2) is 0 Å². The van der Waals surface area contributed by atoms with Crippen LogP contribution in [0, 0.1) is 0 Å². The van der Waals surface area contributed by atoms with Crippen LogP contribution in [0.1, 0.15) is 36.7 Å². The van der Waals surface area contributed by atoms with Crippen LogP contribution in [0.15, 0.2) is 30.3 Å². The van der Waals surface area contributed by atoms with Crippen LogP contribution >= 0.6 is 0 Å². The second-order valence-corrected chi connectivity index (χ2v) is 4.81. The van der Waals surface area contributed by atoms with Crippen molar-refractivity contribution in [1.82, 2.24) is 5.32 Å². The molecule has 0 aliphatic rings. The number of carbonyl (C=O) groups excluding carboxylic acids is 2. The molecular formula is C18H24N2O2. The molecule has 0 heterocycles. The molecule has 0 aromatic heterocycles. The molecule has 0 saturated heterocycles. The fourth-order valence-corrected chi connectivity index (χ4v) is 2.47. The largest absolute Gasteiger partial charge is 0.377 e. The van der Waals surface area contributed by atoms with Gasteiger partial charge in [0.05, 0.1) is 0 Å². The molecule has 0 atom stereocenters. The summed E-state index contributed by atoms with van der Waals surface area (Å²) in [5, 5.41) is 4.16. The number of imide groups is 1. The normalized spacial score (nSPS) is 9.68. The predicted molar refractivity (Wildman–Crippen MR) is 92.5 cm³/mol. The highest BCUT2D eigenvalue weighted by atomic mass is 16.2. The Hall–Kier alpha value is -2.36. The summed E-state index contributed by atoms with van der Waals surface area (Å²) in [7, 11) is 3.94. The molecule has 2 aromatic carbocycles. The summed E-state index contributed by atoms with van der Waals surface area (Å²) in [5.41, 5.74) is 2.69. The van der Waals surface area contributed by atoms with E-state index in [0.29, 0.717) is 12.0 Å². The van der Waals surface area contributed by atoms with Crippen molar-refractivity contribution in [3.05, 3.63) is 41.5 Å². The van der Waals surface area contributed by atoms with Crippen molar-refractivity contribution in [2.75, 3.05) is 19.0 Å². The lowest BCUT2D eigenvalue weighted by molar-refractivity contribution is -0.108. The summed E-state index contributed by atoms with van der Waals surface area (Å²) in [6.07, 6.45) is 1.25. The molecule has 2 amide bonds. The highest BCUT2D eigenvalue weighted by molar-refractivity contribution is 6.13. The molecule has 2 aromatic rings. The van der Waals surface area contributed by atoms with Crippen LogP contribution in [0.4, 0.5) is 5.69 Å². The summed E-state index contributed by atoms with van der Waals surface area (Å²) < 4.78 is 0. The molecule has 22 heavy (non-hydrogen) atoms. The maximum atomic E-state index is 12.1. The third-order valence-electron chi connectivity index (χ3n) is 3.40. The first-order chi connectivity index (χ1) is 10.6. The number of aryl methyl sites for hydroxylation is 1. The zero-order valence-electron chi connectivity index (χ0n) is 13.9. The molecule has 4 heteroatoms. The van der Waals surface area contributed by atoms with Gasteiger partial charge in [-0.1, -0.05) is 39.0 Å². The van der Waals surface area contributed by atoms with E-state index in [2.05, 4.69) is 12.2 Å². The second kappa shape index (κ2) is 8.17. The Kier molecular flexibility index (Phi) is 6.57. The number of nitrogens with one attached hydrogen (secondary N) is 1. The van der Waals surface area contributed by atoms with Gasteiger partial charge in [0, 0.05) is 30.7 Å². The average Bonchev–Trinajstić information content (AvgIpc) is 2.55. The maximum Gasteiger partial charge on any atom is 0.258 e. The number of nitrogens with zero attached hydrogens (tertiary/aromatic N) is 1. The molecule has 118 valence electrons. The van der Waals surface area contributed by atoms with E-state index in [0.717, 1.165) is 28.4 Å². The van der Waals surface area contributed by atoms with Crippen LogP contribution in [0.25, 0.3) is 10.8 Å². The van der Waals surface area contributed by atoms with Crippen LogP contribution in [0.3, 0.4) is 0 Å². The quantitative estimate of drug-likeness (QED) is 0.881. The van der Waals surface area contributed by atoms with Gasteiger partial charge in [-0.15, -0.1) is 0 Å². The molecule has 2 rings (SSSR count). The summed E-state index contributed by atoms with van der Waals surface area (Å²) in [6, 6.07) is 9.69. The van der Waals surface area contributed by atoms with Crippen molar-refractivity contribution < 1.29 is 9.59 Å². The topological polar surface area (TPSA) is 49.4 Å². The summed E-state index contributed by atoms with van der Waals surface area (Å²) >= 11 is 0. The minimum atomic E-state index is -0.365. The van der Waals surface area contributed by atoms with E-state index in [1.807, 2.05) is 57.1 Å². The molecule has 1 N–H and O–H groups in total. The van der Waals surface area contributed by atoms with Gasteiger partial charge in [0.15, 0.2) is 0 Å². The van der Waals surface area contributed by atoms with Gasteiger partial charge in [-0.3, -0.25) is 14.9 Å². The Morgan fingerprint density at radius 3 is 2.41 bits per heavy atom. The second-order valence-electron chi connectivity index (χ2n) is 4.81. The summed E-state index contributed by atoms with van der Waals surface area (Å²) in [4.78, 5) is 24.6. The Labute approximate surface area is 132 Å². The van der Waals surface area contributed by atoms with Gasteiger partial charge in [-0.2, -0.15) is 0 Å². The number of carbonyl (C=O) groups is 2. The molecule has 0 unspecified atom stereocenters. The highest BCUT2D eigenvalue weighted by Gasteiger charge is 2.15. The number of fused-ring (bicyclic) bond motifs is 1. The zero-order chi connectivity index (χ0) is 16.7. The van der Waals surface area contributed by atoms with Crippen molar-refractivity contribution in [1.29, 1.82) is 0 Å². The minimum Gasteiger partial charge on any atom is -0.377 e. The van der Waals surface area contributed by atoms with Crippen molar-refractivity contribution in [2.24, 2.45) is 0 Å². The Morgan fingerprint density at radius 2 is 1.86 bits per heavy atom. The fourth-order valence-electron chi connectivity index (χ4n) is 2.47. The molecule has 4 nitrogen and oxygen atoms in total. The first-order valence-corrected chi connectivity index (χ1v) is 7.56. The van der Waals surface area contributed by atoms with Gasteiger partial charge in [0.2, 0.25) is 6.41 Å². The first-order valence-electron chi connectivity index (χ1n) is 7.56. The van der Waals surface area contributed by atoms with E-state index in [9.17, 15) is 9.59 Å². The van der Waals surface area contributed by atoms with Gasteiger partial charge in [-0.05, 0) is 29.5 Å². The summed E-state index contributed by atoms with van der Waals surface area (Å²) in [6.45, 7) is 6.05. The van der Waals surface area contributed by atoms with Crippen LogP contribution < -0.4 is 10.2 Å². The molecule has 0 aliphatic heterocycles. The molecule has 0 bridgehead atoms. The standard InChI is InChI=1S/C16H18N2O2.C2H6/c1-4-11-6-5-7-12-14(18(2)3)9-8-13(15(11)12)16(20)17-10-19;1-2/h5-10H,4H2,1-3H3,(H,17,19,20);1-2H3. The minimum absolute atomic E-state index is 0.365. The van der Waals surface area contributed by atoms with E-state index in [1.54, 1.807) is 6.07 Å². The monoisotopic (exact) mass is 300 g/mol. The third-order valence-corrected chi connectivity index (χ3v) is 3.40. The zero-order valence-corrected chi connectivity index (χ0v) is 13.9. The van der Waals surface area contributed by atoms with Crippen molar-refractivity contribution in [3.63, 3.8) is 0 Å². The van der Waals surface area contributed by atoms with Gasteiger partial charge in [0.25, 0.3) is 5.91 Å². The molecule has 0 spiro atoms. The summed E-state index contributed by atoms with van der Waals surface area (Å²) in [5.74, 6) is -0.365. The molecular weight excluding hydrogens is 276 g/mol. The number of amides is 2. The van der Waals surface area contributed by atoms with Crippen molar-refractivity contribution >= 4 is 28.8 Å². The SMILES string of the molecule is CC.CCc1cccc2c(N(C)C)ccc(C(=O)NC=O)c12. The number of hydrogen-bond donors (Lipinski definition) is 1. The smallest absolute Gasteiger partial charge is 0.258 e. The van der Waals surface area contributed by atoms with E-state index in [-0.39, 0.29) is 5.91 Å². The molecule has 0 saturated carbocycles. The number of rotatable bonds is 4. The Bertz CT molecular complexity index is 663. The van der Waals surface area contributed by atoms with E-state index in [4.69, 9.17) is 0 Å². The molecule has 0 aliphatic carbocycles. The van der Waals surface area contributed by atoms with Crippen molar-refractivity contribution in [2.45, 2.75) is 27.2 Å². The van der Waals surface area contributed by atoms with Gasteiger partial charge < -0.3 is 4.90 Å². The predicted octanol–water partition coefficient (Wildman–Crippen LogP) is 3.38. The lowest BCUT2D eigenvalue weighted by atomic mass is 9.96. The number of benzene rings is 2.